The van der Waals surface area contributed by atoms with Crippen LogP contribution in [0.4, 0.5) is 24.9 Å². The van der Waals surface area contributed by atoms with Gasteiger partial charge in [0.2, 0.25) is 5.95 Å². The molecule has 1 aliphatic carbocycles. The number of nitrogens with two attached hydrogens (primary N) is 1. The Bertz CT molecular complexity index is 859. The topological polar surface area (TPSA) is 67.1 Å². The van der Waals surface area contributed by atoms with Crippen molar-refractivity contribution in [2.24, 2.45) is 0 Å². The van der Waals surface area contributed by atoms with Crippen LogP contribution in [0.3, 0.4) is 0 Å². The average Bonchev–Trinajstić information content (AvgIpc) is 2.68. The first-order chi connectivity index (χ1) is 13.3. The number of nitrogens with zero attached hydrogens (tertiary/aromatic N) is 3. The molecule has 0 bridgehead atoms. The predicted octanol–water partition coefficient (Wildman–Crippen LogP) is 3.13. The lowest BCUT2D eigenvalue weighted by atomic mass is 9.70. The number of rotatable bonds is 2. The molecule has 1 aromatic carbocycles. The fourth-order valence-corrected chi connectivity index (χ4v) is 4.36. The molecular weight excluding hydrogens is 367 g/mol. The summed E-state index contributed by atoms with van der Waals surface area (Å²) in [5.74, 6) is 1.09. The summed E-state index contributed by atoms with van der Waals surface area (Å²) in [6.07, 6.45) is -1.75. The first-order valence-corrected chi connectivity index (χ1v) is 9.59. The number of piperazine rings is 1. The minimum absolute atomic E-state index is 0.215. The minimum Gasteiger partial charge on any atom is -0.368 e. The molecule has 8 heteroatoms. The zero-order chi connectivity index (χ0) is 19.9. The van der Waals surface area contributed by atoms with Crippen molar-refractivity contribution in [3.05, 3.63) is 46.6 Å². The zero-order valence-electron chi connectivity index (χ0n) is 15.8. The van der Waals surface area contributed by atoms with Gasteiger partial charge in [0.25, 0.3) is 0 Å². The first kappa shape index (κ1) is 19.0. The molecule has 4 rings (SSSR count). The number of hydrogen-bond donors (Lipinski definition) is 2. The summed E-state index contributed by atoms with van der Waals surface area (Å²) in [4.78, 5) is 11.3. The Hall–Kier alpha value is -2.35. The van der Waals surface area contributed by atoms with Gasteiger partial charge in [-0.2, -0.15) is 18.2 Å². The molecule has 150 valence electrons. The van der Waals surface area contributed by atoms with Crippen molar-refractivity contribution < 1.29 is 13.2 Å². The minimum atomic E-state index is -4.34. The lowest BCUT2D eigenvalue weighted by Gasteiger charge is -2.38. The fourth-order valence-electron chi connectivity index (χ4n) is 4.36. The van der Waals surface area contributed by atoms with Crippen molar-refractivity contribution in [1.29, 1.82) is 0 Å². The highest BCUT2D eigenvalue weighted by molar-refractivity contribution is 5.57. The van der Waals surface area contributed by atoms with Gasteiger partial charge in [-0.1, -0.05) is 12.1 Å². The standard InChI is InChI=1S/C20H24F3N5/c1-19(13-4-6-14(7-5-13)20(21,22)23)8-2-3-15-16(19)26-18(24)27-17(15)28-11-9-25-10-12-28/h4-7,25H,2-3,8-12H2,1H3,(H2,24,26,27). The van der Waals surface area contributed by atoms with Crippen molar-refractivity contribution in [3.8, 4) is 0 Å². The van der Waals surface area contributed by atoms with E-state index in [1.807, 2.05) is 6.92 Å². The van der Waals surface area contributed by atoms with Crippen molar-refractivity contribution in [3.63, 3.8) is 0 Å². The molecule has 1 atom stereocenters. The molecule has 3 N–H and O–H groups in total. The van der Waals surface area contributed by atoms with E-state index in [4.69, 9.17) is 5.73 Å². The third-order valence-electron chi connectivity index (χ3n) is 5.89. The second kappa shape index (κ2) is 6.92. The van der Waals surface area contributed by atoms with Crippen molar-refractivity contribution >= 4 is 11.8 Å². The second-order valence-corrected chi connectivity index (χ2v) is 7.73. The van der Waals surface area contributed by atoms with Gasteiger partial charge < -0.3 is 16.0 Å². The van der Waals surface area contributed by atoms with Crippen molar-refractivity contribution in [1.82, 2.24) is 15.3 Å². The van der Waals surface area contributed by atoms with Crippen molar-refractivity contribution in [2.45, 2.75) is 37.8 Å². The van der Waals surface area contributed by atoms with Crippen LogP contribution in [0.2, 0.25) is 0 Å². The summed E-state index contributed by atoms with van der Waals surface area (Å²) >= 11 is 0. The molecular formula is C20H24F3N5. The average molecular weight is 391 g/mol. The Morgan fingerprint density at radius 2 is 1.79 bits per heavy atom. The molecule has 2 aliphatic rings. The van der Waals surface area contributed by atoms with Gasteiger partial charge in [0, 0.05) is 37.2 Å². The molecule has 1 aliphatic heterocycles. The number of fused-ring (bicyclic) bond motifs is 1. The Morgan fingerprint density at radius 1 is 1.11 bits per heavy atom. The normalized spacial score (nSPS) is 22.8. The summed E-state index contributed by atoms with van der Waals surface area (Å²) in [7, 11) is 0. The SMILES string of the molecule is CC1(c2ccc(C(F)(F)F)cc2)CCCc2c(N3CCNCC3)nc(N)nc21. The maximum atomic E-state index is 13.0. The monoisotopic (exact) mass is 391 g/mol. The van der Waals surface area contributed by atoms with E-state index in [9.17, 15) is 13.2 Å². The number of nitrogens with one attached hydrogen (secondary N) is 1. The number of aromatic nitrogens is 2. The van der Waals surface area contributed by atoms with Crippen LogP contribution < -0.4 is 16.0 Å². The lowest BCUT2D eigenvalue weighted by molar-refractivity contribution is -0.137. The molecule has 1 unspecified atom stereocenters. The van der Waals surface area contributed by atoms with Gasteiger partial charge in [-0.15, -0.1) is 0 Å². The summed E-state index contributed by atoms with van der Waals surface area (Å²) in [6.45, 7) is 5.51. The number of nitrogen functional groups attached to an aromatic ring is 1. The number of benzene rings is 1. The third kappa shape index (κ3) is 3.30. The van der Waals surface area contributed by atoms with Gasteiger partial charge in [0.05, 0.1) is 11.3 Å². The Labute approximate surface area is 162 Å². The van der Waals surface area contributed by atoms with Crippen LogP contribution in [0.1, 0.15) is 42.1 Å². The molecule has 0 amide bonds. The van der Waals surface area contributed by atoms with Crippen molar-refractivity contribution in [2.75, 3.05) is 36.8 Å². The first-order valence-electron chi connectivity index (χ1n) is 9.59. The molecule has 1 saturated heterocycles. The highest BCUT2D eigenvalue weighted by Gasteiger charge is 2.39. The summed E-state index contributed by atoms with van der Waals surface area (Å²) in [6, 6.07) is 5.44. The largest absolute Gasteiger partial charge is 0.416 e. The van der Waals surface area contributed by atoms with Crippen LogP contribution in [0, 0.1) is 0 Å². The molecule has 0 radical (unpaired) electrons. The molecule has 0 spiro atoms. The van der Waals surface area contributed by atoms with Gasteiger partial charge in [-0.3, -0.25) is 0 Å². The Balaban J connectivity index is 1.78. The predicted molar refractivity (Wildman–Crippen MR) is 102 cm³/mol. The lowest BCUT2D eigenvalue weighted by Crippen LogP contribution is -2.45. The summed E-state index contributed by atoms with van der Waals surface area (Å²) in [5, 5.41) is 3.33. The molecule has 5 nitrogen and oxygen atoms in total. The van der Waals surface area contributed by atoms with E-state index in [1.54, 1.807) is 12.1 Å². The van der Waals surface area contributed by atoms with Gasteiger partial charge in [-0.25, -0.2) is 4.98 Å². The molecule has 0 saturated carbocycles. The van der Waals surface area contributed by atoms with E-state index in [1.165, 1.54) is 0 Å². The molecule has 2 heterocycles. The molecule has 28 heavy (non-hydrogen) atoms. The van der Waals surface area contributed by atoms with Gasteiger partial charge in [-0.05, 0) is 43.9 Å². The van der Waals surface area contributed by atoms with Crippen LogP contribution in [0.15, 0.2) is 24.3 Å². The fraction of sp³-hybridized carbons (Fsp3) is 0.500. The van der Waals surface area contributed by atoms with E-state index >= 15 is 0 Å². The quantitative estimate of drug-likeness (QED) is 0.823. The Kier molecular flexibility index (Phi) is 4.69. The number of alkyl halides is 3. The van der Waals surface area contributed by atoms with Crippen LogP contribution in [-0.2, 0) is 18.0 Å². The summed E-state index contributed by atoms with van der Waals surface area (Å²) in [5.41, 5.74) is 7.67. The summed E-state index contributed by atoms with van der Waals surface area (Å²) < 4.78 is 38.9. The zero-order valence-corrected chi connectivity index (χ0v) is 15.8. The highest BCUT2D eigenvalue weighted by atomic mass is 19.4. The Morgan fingerprint density at radius 3 is 2.43 bits per heavy atom. The van der Waals surface area contributed by atoms with Gasteiger partial charge >= 0.3 is 6.18 Å². The van der Waals surface area contributed by atoms with Crippen LogP contribution in [-0.4, -0.2) is 36.1 Å². The van der Waals surface area contributed by atoms with Crippen LogP contribution >= 0.6 is 0 Å². The van der Waals surface area contributed by atoms with Gasteiger partial charge in [0.1, 0.15) is 5.82 Å². The number of anilines is 2. The smallest absolute Gasteiger partial charge is 0.368 e. The third-order valence-corrected chi connectivity index (χ3v) is 5.89. The van der Waals surface area contributed by atoms with E-state index in [2.05, 4.69) is 20.2 Å². The van der Waals surface area contributed by atoms with Gasteiger partial charge in [0.15, 0.2) is 0 Å². The van der Waals surface area contributed by atoms with E-state index in [0.717, 1.165) is 80.2 Å². The van der Waals surface area contributed by atoms with E-state index in [0.29, 0.717) is 0 Å². The van der Waals surface area contributed by atoms with E-state index < -0.39 is 17.2 Å². The second-order valence-electron chi connectivity index (χ2n) is 7.73. The van der Waals surface area contributed by atoms with Crippen LogP contribution in [0.25, 0.3) is 0 Å². The molecule has 1 fully saturated rings. The maximum absolute atomic E-state index is 13.0. The number of halogens is 3. The maximum Gasteiger partial charge on any atom is 0.416 e. The number of hydrogen-bond acceptors (Lipinski definition) is 5. The van der Waals surface area contributed by atoms with Crippen LogP contribution in [0.5, 0.6) is 0 Å². The molecule has 1 aromatic heterocycles. The van der Waals surface area contributed by atoms with E-state index in [-0.39, 0.29) is 5.95 Å². The molecule has 2 aromatic rings. The highest BCUT2D eigenvalue weighted by Crippen LogP contribution is 2.44.